The molecule has 25 heavy (non-hydrogen) atoms. The SMILES string of the molecule is O=C(c1cccnc1)N1CCC2OCCCC2(COCC2CCC2)C1. The molecular weight excluding hydrogens is 316 g/mol. The Bertz CT molecular complexity index is 590. The van der Waals surface area contributed by atoms with Crippen LogP contribution < -0.4 is 0 Å². The smallest absolute Gasteiger partial charge is 0.255 e. The number of aromatic nitrogens is 1. The normalized spacial score (nSPS) is 29.8. The quantitative estimate of drug-likeness (QED) is 0.824. The maximum absolute atomic E-state index is 12.9. The van der Waals surface area contributed by atoms with Gasteiger partial charge in [0.15, 0.2) is 0 Å². The molecule has 2 unspecified atom stereocenters. The third kappa shape index (κ3) is 3.58. The van der Waals surface area contributed by atoms with Gasteiger partial charge in [-0.1, -0.05) is 6.42 Å². The molecule has 1 aliphatic carbocycles. The van der Waals surface area contributed by atoms with E-state index in [1.165, 1.54) is 19.3 Å². The molecule has 3 heterocycles. The highest BCUT2D eigenvalue weighted by Gasteiger charge is 2.47. The van der Waals surface area contributed by atoms with Crippen molar-refractivity contribution >= 4 is 5.91 Å². The Morgan fingerprint density at radius 3 is 3.04 bits per heavy atom. The van der Waals surface area contributed by atoms with Crippen LogP contribution in [-0.4, -0.2) is 54.8 Å². The van der Waals surface area contributed by atoms with Gasteiger partial charge in [0.1, 0.15) is 0 Å². The molecule has 0 radical (unpaired) electrons. The Hall–Kier alpha value is -1.46. The summed E-state index contributed by atoms with van der Waals surface area (Å²) in [6, 6.07) is 3.67. The van der Waals surface area contributed by atoms with E-state index in [0.717, 1.165) is 51.5 Å². The fraction of sp³-hybridized carbons (Fsp3) is 0.700. The second kappa shape index (κ2) is 7.42. The maximum atomic E-state index is 12.9. The summed E-state index contributed by atoms with van der Waals surface area (Å²) in [4.78, 5) is 18.9. The van der Waals surface area contributed by atoms with E-state index in [9.17, 15) is 4.79 Å². The summed E-state index contributed by atoms with van der Waals surface area (Å²) >= 11 is 0. The molecule has 0 aromatic carbocycles. The lowest BCUT2D eigenvalue weighted by Gasteiger charge is -2.50. The zero-order chi connectivity index (χ0) is 17.1. The number of hydrogen-bond donors (Lipinski definition) is 0. The molecule has 4 rings (SSSR count). The van der Waals surface area contributed by atoms with Crippen molar-refractivity contribution in [1.29, 1.82) is 0 Å². The molecule has 2 saturated heterocycles. The van der Waals surface area contributed by atoms with Gasteiger partial charge in [-0.15, -0.1) is 0 Å². The first-order valence-electron chi connectivity index (χ1n) is 9.65. The number of amides is 1. The number of fused-ring (bicyclic) bond motifs is 1. The Morgan fingerprint density at radius 2 is 2.28 bits per heavy atom. The third-order valence-corrected chi connectivity index (χ3v) is 6.15. The molecule has 3 aliphatic rings. The van der Waals surface area contributed by atoms with E-state index in [-0.39, 0.29) is 17.4 Å². The fourth-order valence-corrected chi connectivity index (χ4v) is 4.43. The molecule has 3 fully saturated rings. The van der Waals surface area contributed by atoms with Crippen molar-refractivity contribution in [3.05, 3.63) is 30.1 Å². The molecule has 0 N–H and O–H groups in total. The highest BCUT2D eigenvalue weighted by atomic mass is 16.5. The highest BCUT2D eigenvalue weighted by Crippen LogP contribution is 2.41. The van der Waals surface area contributed by atoms with Crippen molar-refractivity contribution in [1.82, 2.24) is 9.88 Å². The van der Waals surface area contributed by atoms with Gasteiger partial charge in [0.05, 0.1) is 18.3 Å². The largest absolute Gasteiger partial charge is 0.380 e. The minimum atomic E-state index is -0.0435. The van der Waals surface area contributed by atoms with Crippen molar-refractivity contribution in [2.24, 2.45) is 11.3 Å². The standard InChI is InChI=1S/C20H28N2O3/c23-19(17-6-2-9-21-12-17)22-10-7-18-20(14-22,8-3-11-25-18)15-24-13-16-4-1-5-16/h2,6,9,12,16,18H,1,3-5,7-8,10-11,13-15H2. The zero-order valence-corrected chi connectivity index (χ0v) is 14.9. The summed E-state index contributed by atoms with van der Waals surface area (Å²) in [7, 11) is 0. The van der Waals surface area contributed by atoms with Crippen LogP contribution in [0.25, 0.3) is 0 Å². The lowest BCUT2D eigenvalue weighted by Crippen LogP contribution is -2.58. The summed E-state index contributed by atoms with van der Waals surface area (Å²) in [5.41, 5.74) is 0.626. The number of likely N-dealkylation sites (tertiary alicyclic amines) is 1. The number of hydrogen-bond acceptors (Lipinski definition) is 4. The first-order valence-corrected chi connectivity index (χ1v) is 9.65. The van der Waals surface area contributed by atoms with E-state index in [2.05, 4.69) is 4.98 Å². The second-order valence-corrected chi connectivity index (χ2v) is 7.89. The molecule has 2 atom stereocenters. The van der Waals surface area contributed by atoms with Crippen LogP contribution in [0.2, 0.25) is 0 Å². The lowest BCUT2D eigenvalue weighted by atomic mass is 9.73. The number of nitrogens with zero attached hydrogens (tertiary/aromatic N) is 2. The van der Waals surface area contributed by atoms with E-state index in [4.69, 9.17) is 9.47 Å². The third-order valence-electron chi connectivity index (χ3n) is 6.15. The topological polar surface area (TPSA) is 51.7 Å². The Labute approximate surface area is 149 Å². The van der Waals surface area contributed by atoms with E-state index in [1.54, 1.807) is 12.4 Å². The number of piperidine rings is 1. The van der Waals surface area contributed by atoms with Crippen molar-refractivity contribution in [3.8, 4) is 0 Å². The highest BCUT2D eigenvalue weighted by molar-refractivity contribution is 5.94. The number of carbonyl (C=O) groups is 1. The van der Waals surface area contributed by atoms with Crippen LogP contribution in [0.3, 0.4) is 0 Å². The molecule has 0 bridgehead atoms. The summed E-state index contributed by atoms with van der Waals surface area (Å²) in [6.07, 6.45) is 10.6. The van der Waals surface area contributed by atoms with Crippen LogP contribution in [0.4, 0.5) is 0 Å². The predicted octanol–water partition coefficient (Wildman–Crippen LogP) is 2.91. The van der Waals surface area contributed by atoms with E-state index in [1.807, 2.05) is 17.0 Å². The van der Waals surface area contributed by atoms with Crippen LogP contribution in [0.1, 0.15) is 48.9 Å². The van der Waals surface area contributed by atoms with E-state index in [0.29, 0.717) is 12.2 Å². The number of rotatable bonds is 5. The lowest BCUT2D eigenvalue weighted by molar-refractivity contribution is -0.150. The molecule has 1 aromatic rings. The van der Waals surface area contributed by atoms with Gasteiger partial charge < -0.3 is 14.4 Å². The van der Waals surface area contributed by atoms with Crippen LogP contribution in [-0.2, 0) is 9.47 Å². The zero-order valence-electron chi connectivity index (χ0n) is 14.9. The summed E-state index contributed by atoms with van der Waals surface area (Å²) in [5, 5.41) is 0. The van der Waals surface area contributed by atoms with Gasteiger partial charge in [-0.2, -0.15) is 0 Å². The van der Waals surface area contributed by atoms with Gasteiger partial charge in [-0.25, -0.2) is 0 Å². The Morgan fingerprint density at radius 1 is 1.36 bits per heavy atom. The molecule has 2 aliphatic heterocycles. The summed E-state index contributed by atoms with van der Waals surface area (Å²) in [5.74, 6) is 0.826. The minimum absolute atomic E-state index is 0.0435. The van der Waals surface area contributed by atoms with Crippen LogP contribution in [0.15, 0.2) is 24.5 Å². The van der Waals surface area contributed by atoms with Gasteiger partial charge in [0.25, 0.3) is 5.91 Å². The van der Waals surface area contributed by atoms with Crippen LogP contribution in [0.5, 0.6) is 0 Å². The van der Waals surface area contributed by atoms with E-state index >= 15 is 0 Å². The average Bonchev–Trinajstić information content (AvgIpc) is 2.63. The predicted molar refractivity (Wildman–Crippen MR) is 94.3 cm³/mol. The minimum Gasteiger partial charge on any atom is -0.380 e. The fourth-order valence-electron chi connectivity index (χ4n) is 4.43. The molecule has 5 heteroatoms. The summed E-state index contributed by atoms with van der Waals surface area (Å²) < 4.78 is 12.2. The monoisotopic (exact) mass is 344 g/mol. The molecule has 136 valence electrons. The van der Waals surface area contributed by atoms with E-state index < -0.39 is 0 Å². The number of pyridine rings is 1. The molecule has 1 saturated carbocycles. The van der Waals surface area contributed by atoms with Crippen molar-refractivity contribution in [2.75, 3.05) is 32.9 Å². The van der Waals surface area contributed by atoms with Crippen molar-refractivity contribution < 1.29 is 14.3 Å². The van der Waals surface area contributed by atoms with Crippen LogP contribution in [0, 0.1) is 11.3 Å². The second-order valence-electron chi connectivity index (χ2n) is 7.89. The van der Waals surface area contributed by atoms with Gasteiger partial charge >= 0.3 is 0 Å². The van der Waals surface area contributed by atoms with Crippen molar-refractivity contribution in [2.45, 2.75) is 44.6 Å². The average molecular weight is 344 g/mol. The van der Waals surface area contributed by atoms with Gasteiger partial charge in [-0.3, -0.25) is 9.78 Å². The summed E-state index contributed by atoms with van der Waals surface area (Å²) in [6.45, 7) is 3.90. The maximum Gasteiger partial charge on any atom is 0.255 e. The molecular formula is C20H28N2O3. The molecule has 1 aromatic heterocycles. The van der Waals surface area contributed by atoms with Gasteiger partial charge in [0, 0.05) is 44.1 Å². The number of ether oxygens (including phenoxy) is 2. The molecule has 5 nitrogen and oxygen atoms in total. The van der Waals surface area contributed by atoms with Gasteiger partial charge in [0.2, 0.25) is 0 Å². The molecule has 1 amide bonds. The molecule has 0 spiro atoms. The Balaban J connectivity index is 1.44. The Kier molecular flexibility index (Phi) is 5.04. The number of carbonyl (C=O) groups excluding carboxylic acids is 1. The van der Waals surface area contributed by atoms with Gasteiger partial charge in [-0.05, 0) is 50.2 Å². The van der Waals surface area contributed by atoms with Crippen LogP contribution >= 0.6 is 0 Å². The first kappa shape index (κ1) is 17.0. The van der Waals surface area contributed by atoms with Crippen molar-refractivity contribution in [3.63, 3.8) is 0 Å². The first-order chi connectivity index (χ1) is 12.3.